The largest absolute Gasteiger partial charge is 0.481 e. The maximum atomic E-state index is 13.1. The zero-order valence-electron chi connectivity index (χ0n) is 16.1. The third-order valence-corrected chi connectivity index (χ3v) is 5.03. The molecule has 1 saturated heterocycles. The molecule has 0 aliphatic carbocycles. The van der Waals surface area contributed by atoms with Crippen molar-refractivity contribution in [1.29, 1.82) is 0 Å². The molecule has 1 fully saturated rings. The number of rotatable bonds is 4. The molecular weight excluding hydrogens is 354 g/mol. The van der Waals surface area contributed by atoms with Crippen LogP contribution in [0.3, 0.4) is 0 Å². The summed E-state index contributed by atoms with van der Waals surface area (Å²) in [6, 6.07) is 13.2. The number of aryl methyl sites for hydroxylation is 1. The van der Waals surface area contributed by atoms with Gasteiger partial charge in [0, 0.05) is 36.2 Å². The topological polar surface area (TPSA) is 84.0 Å². The average Bonchev–Trinajstić information content (AvgIpc) is 3.20. The lowest BCUT2D eigenvalue weighted by Gasteiger charge is -2.31. The Hall–Kier alpha value is -3.22. The van der Waals surface area contributed by atoms with E-state index in [2.05, 4.69) is 20.2 Å². The molecular formula is C21H23N5O2. The van der Waals surface area contributed by atoms with Crippen molar-refractivity contribution in [2.45, 2.75) is 25.7 Å². The molecule has 0 spiro atoms. The average molecular weight is 377 g/mol. The minimum atomic E-state index is 0.0294. The lowest BCUT2D eigenvalue weighted by Crippen LogP contribution is -2.39. The van der Waals surface area contributed by atoms with E-state index in [0.717, 1.165) is 42.3 Å². The number of piperidine rings is 1. The first-order valence-corrected chi connectivity index (χ1v) is 9.43. The van der Waals surface area contributed by atoms with E-state index in [1.165, 1.54) is 0 Å². The normalized spacial score (nSPS) is 16.8. The molecule has 3 heterocycles. The Balaban J connectivity index is 1.54. The number of likely N-dealkylation sites (tertiary alicyclic amines) is 1. The summed E-state index contributed by atoms with van der Waals surface area (Å²) in [5, 5.41) is 7.18. The first-order valence-electron chi connectivity index (χ1n) is 9.43. The Labute approximate surface area is 163 Å². The zero-order valence-corrected chi connectivity index (χ0v) is 16.1. The monoisotopic (exact) mass is 377 g/mol. The Morgan fingerprint density at radius 2 is 2.07 bits per heavy atom. The van der Waals surface area contributed by atoms with Gasteiger partial charge in [0.2, 0.25) is 5.88 Å². The highest BCUT2D eigenvalue weighted by atomic mass is 16.5. The Kier molecular flexibility index (Phi) is 5.06. The van der Waals surface area contributed by atoms with Gasteiger partial charge in [-0.2, -0.15) is 5.10 Å². The maximum Gasteiger partial charge on any atom is 0.253 e. The fourth-order valence-corrected chi connectivity index (χ4v) is 3.60. The summed E-state index contributed by atoms with van der Waals surface area (Å²) in [5.74, 6) is 2.35. The molecule has 1 atom stereocenters. The number of aromatic nitrogens is 4. The van der Waals surface area contributed by atoms with Crippen LogP contribution in [0.15, 0.2) is 42.5 Å². The molecule has 0 saturated carbocycles. The molecule has 7 nitrogen and oxygen atoms in total. The molecule has 0 unspecified atom stereocenters. The molecule has 144 valence electrons. The van der Waals surface area contributed by atoms with Gasteiger partial charge in [0.15, 0.2) is 5.82 Å². The highest BCUT2D eigenvalue weighted by Crippen LogP contribution is 2.27. The predicted octanol–water partition coefficient (Wildman–Crippen LogP) is 3.20. The number of carbonyl (C=O) groups excluding carboxylic acids is 1. The molecule has 4 rings (SSSR count). The summed E-state index contributed by atoms with van der Waals surface area (Å²) in [6.07, 6.45) is 1.94. The van der Waals surface area contributed by atoms with Gasteiger partial charge >= 0.3 is 0 Å². The van der Waals surface area contributed by atoms with Gasteiger partial charge in [0.1, 0.15) is 5.82 Å². The lowest BCUT2D eigenvalue weighted by atomic mass is 9.96. The number of ether oxygens (including phenoxy) is 1. The van der Waals surface area contributed by atoms with Crippen molar-refractivity contribution in [2.24, 2.45) is 0 Å². The molecule has 2 aromatic heterocycles. The highest BCUT2D eigenvalue weighted by Gasteiger charge is 2.27. The smallest absolute Gasteiger partial charge is 0.253 e. The van der Waals surface area contributed by atoms with Crippen molar-refractivity contribution in [3.05, 3.63) is 59.7 Å². The molecule has 1 amide bonds. The van der Waals surface area contributed by atoms with E-state index in [4.69, 9.17) is 4.74 Å². The maximum absolute atomic E-state index is 13.1. The number of benzene rings is 1. The van der Waals surface area contributed by atoms with Crippen LogP contribution in [0.1, 0.15) is 40.8 Å². The molecule has 0 bridgehead atoms. The van der Waals surface area contributed by atoms with Crippen LogP contribution in [0.4, 0.5) is 0 Å². The van der Waals surface area contributed by atoms with Gasteiger partial charge in [-0.15, -0.1) is 0 Å². The number of pyridine rings is 1. The predicted molar refractivity (Wildman–Crippen MR) is 105 cm³/mol. The van der Waals surface area contributed by atoms with Gasteiger partial charge in [-0.3, -0.25) is 9.89 Å². The van der Waals surface area contributed by atoms with E-state index in [1.807, 2.05) is 48.2 Å². The minimum absolute atomic E-state index is 0.0294. The van der Waals surface area contributed by atoms with Crippen LogP contribution >= 0.6 is 0 Å². The SMILES string of the molecule is COc1cccc(-c2cccc(C(=O)N3CCC[C@H](c4n[nH]c(C)n4)C3)c2)n1. The summed E-state index contributed by atoms with van der Waals surface area (Å²) in [5.41, 5.74) is 2.33. The summed E-state index contributed by atoms with van der Waals surface area (Å²) in [7, 11) is 1.59. The van der Waals surface area contributed by atoms with Crippen LogP contribution in [-0.2, 0) is 0 Å². The molecule has 1 aliphatic rings. The van der Waals surface area contributed by atoms with Crippen molar-refractivity contribution in [3.8, 4) is 17.1 Å². The number of amides is 1. The van der Waals surface area contributed by atoms with Crippen molar-refractivity contribution < 1.29 is 9.53 Å². The van der Waals surface area contributed by atoms with Gasteiger partial charge in [-0.25, -0.2) is 9.97 Å². The van der Waals surface area contributed by atoms with Crippen molar-refractivity contribution >= 4 is 5.91 Å². The first kappa shape index (κ1) is 18.2. The highest BCUT2D eigenvalue weighted by molar-refractivity contribution is 5.95. The van der Waals surface area contributed by atoms with Crippen LogP contribution in [0.5, 0.6) is 5.88 Å². The number of nitrogens with one attached hydrogen (secondary N) is 1. The molecule has 1 aliphatic heterocycles. The standard InChI is InChI=1S/C21H23N5O2/c1-14-22-20(25-24-14)17-8-5-11-26(13-17)21(27)16-7-3-6-15(12-16)18-9-4-10-19(23-18)28-2/h3-4,6-7,9-10,12,17H,5,8,11,13H2,1-2H3,(H,22,24,25)/t17-/m0/s1. The summed E-state index contributed by atoms with van der Waals surface area (Å²) in [4.78, 5) is 23.9. The van der Waals surface area contributed by atoms with Crippen molar-refractivity contribution in [2.75, 3.05) is 20.2 Å². The van der Waals surface area contributed by atoms with Crippen LogP contribution in [0.25, 0.3) is 11.3 Å². The molecule has 1 N–H and O–H groups in total. The quantitative estimate of drug-likeness (QED) is 0.755. The zero-order chi connectivity index (χ0) is 19.5. The summed E-state index contributed by atoms with van der Waals surface area (Å²) in [6.45, 7) is 3.28. The van der Waals surface area contributed by atoms with Gasteiger partial charge in [0.25, 0.3) is 5.91 Å². The van der Waals surface area contributed by atoms with Crippen LogP contribution in [-0.4, -0.2) is 51.2 Å². The number of methoxy groups -OCH3 is 1. The Bertz CT molecular complexity index is 984. The second-order valence-corrected chi connectivity index (χ2v) is 7.02. The summed E-state index contributed by atoms with van der Waals surface area (Å²) < 4.78 is 5.20. The Morgan fingerprint density at radius 1 is 1.21 bits per heavy atom. The van der Waals surface area contributed by atoms with Crippen molar-refractivity contribution in [3.63, 3.8) is 0 Å². The fourth-order valence-electron chi connectivity index (χ4n) is 3.60. The second kappa shape index (κ2) is 7.80. The lowest BCUT2D eigenvalue weighted by molar-refractivity contribution is 0.0704. The molecule has 1 aromatic carbocycles. The first-order chi connectivity index (χ1) is 13.6. The number of aromatic amines is 1. The molecule has 7 heteroatoms. The van der Waals surface area contributed by atoms with E-state index < -0.39 is 0 Å². The number of hydrogen-bond acceptors (Lipinski definition) is 5. The number of hydrogen-bond donors (Lipinski definition) is 1. The second-order valence-electron chi connectivity index (χ2n) is 7.02. The molecule has 0 radical (unpaired) electrons. The van der Waals surface area contributed by atoms with E-state index in [1.54, 1.807) is 13.2 Å². The van der Waals surface area contributed by atoms with E-state index >= 15 is 0 Å². The summed E-state index contributed by atoms with van der Waals surface area (Å²) >= 11 is 0. The van der Waals surface area contributed by atoms with E-state index in [0.29, 0.717) is 18.0 Å². The van der Waals surface area contributed by atoms with Crippen LogP contribution < -0.4 is 4.74 Å². The fraction of sp³-hybridized carbons (Fsp3) is 0.333. The van der Waals surface area contributed by atoms with Crippen molar-refractivity contribution in [1.82, 2.24) is 25.1 Å². The Morgan fingerprint density at radius 3 is 2.86 bits per heavy atom. The molecule has 28 heavy (non-hydrogen) atoms. The third-order valence-electron chi connectivity index (χ3n) is 5.03. The third kappa shape index (κ3) is 3.74. The van der Waals surface area contributed by atoms with Gasteiger partial charge in [-0.1, -0.05) is 18.2 Å². The number of carbonyl (C=O) groups is 1. The van der Waals surface area contributed by atoms with Crippen LogP contribution in [0.2, 0.25) is 0 Å². The number of H-pyrrole nitrogens is 1. The van der Waals surface area contributed by atoms with E-state index in [-0.39, 0.29) is 11.8 Å². The number of nitrogens with zero attached hydrogens (tertiary/aromatic N) is 4. The minimum Gasteiger partial charge on any atom is -0.481 e. The van der Waals surface area contributed by atoms with Crippen LogP contribution in [0, 0.1) is 6.92 Å². The van der Waals surface area contributed by atoms with E-state index in [9.17, 15) is 4.79 Å². The molecule has 3 aromatic rings. The van der Waals surface area contributed by atoms with Gasteiger partial charge in [0.05, 0.1) is 12.8 Å². The van der Waals surface area contributed by atoms with Gasteiger partial charge < -0.3 is 9.64 Å². The van der Waals surface area contributed by atoms with Gasteiger partial charge in [-0.05, 0) is 38.0 Å².